The first kappa shape index (κ1) is 12.6. The molecule has 2 rings (SSSR count). The molecule has 0 radical (unpaired) electrons. The van der Waals surface area contributed by atoms with Gasteiger partial charge in [-0.15, -0.1) is 0 Å². The molecular formula is C15H16O3. The first-order valence-corrected chi connectivity index (χ1v) is 5.97. The molecule has 0 saturated carbocycles. The van der Waals surface area contributed by atoms with Gasteiger partial charge in [0.25, 0.3) is 0 Å². The summed E-state index contributed by atoms with van der Waals surface area (Å²) in [4.78, 5) is 11.6. The zero-order chi connectivity index (χ0) is 13.0. The van der Waals surface area contributed by atoms with Crippen molar-refractivity contribution in [1.82, 2.24) is 0 Å². The summed E-state index contributed by atoms with van der Waals surface area (Å²) < 4.78 is 10.8. The van der Waals surface area contributed by atoms with Crippen LogP contribution in [0.1, 0.15) is 24.2 Å². The molecule has 0 saturated heterocycles. The van der Waals surface area contributed by atoms with Crippen LogP contribution in [0, 0.1) is 0 Å². The highest BCUT2D eigenvalue weighted by Gasteiger charge is 2.12. The molecule has 0 N–H and O–H groups in total. The van der Waals surface area contributed by atoms with Crippen molar-refractivity contribution in [2.75, 3.05) is 13.4 Å². The predicted octanol–water partition coefficient (Wildman–Crippen LogP) is 3.42. The molecule has 0 atom stereocenters. The fourth-order valence-corrected chi connectivity index (χ4v) is 1.86. The Morgan fingerprint density at radius 1 is 1.17 bits per heavy atom. The molecule has 0 aliphatic heterocycles. The first-order valence-electron chi connectivity index (χ1n) is 5.97. The van der Waals surface area contributed by atoms with Crippen molar-refractivity contribution < 1.29 is 14.3 Å². The van der Waals surface area contributed by atoms with Gasteiger partial charge in [0.05, 0.1) is 5.56 Å². The molecule has 0 aliphatic carbocycles. The van der Waals surface area contributed by atoms with Crippen LogP contribution in [0.2, 0.25) is 0 Å². The molecule has 0 spiro atoms. The van der Waals surface area contributed by atoms with Crippen LogP contribution in [0.25, 0.3) is 10.8 Å². The van der Waals surface area contributed by atoms with E-state index in [-0.39, 0.29) is 12.6 Å². The van der Waals surface area contributed by atoms with E-state index in [1.54, 1.807) is 6.07 Å². The van der Waals surface area contributed by atoms with Crippen LogP contribution in [-0.4, -0.2) is 19.2 Å². The molecule has 3 nitrogen and oxygen atoms in total. The van der Waals surface area contributed by atoms with Gasteiger partial charge in [0.15, 0.2) is 12.6 Å². The Labute approximate surface area is 106 Å². The number of benzene rings is 2. The topological polar surface area (TPSA) is 35.5 Å². The molecule has 3 heteroatoms. The maximum absolute atomic E-state index is 11.6. The van der Waals surface area contributed by atoms with E-state index in [0.29, 0.717) is 17.9 Å². The van der Waals surface area contributed by atoms with E-state index in [2.05, 4.69) is 0 Å². The lowest BCUT2D eigenvalue weighted by Gasteiger charge is -2.12. The van der Waals surface area contributed by atoms with Crippen LogP contribution in [0.5, 0.6) is 5.75 Å². The van der Waals surface area contributed by atoms with Crippen molar-refractivity contribution in [3.63, 3.8) is 0 Å². The Balaban J connectivity index is 2.48. The maximum Gasteiger partial charge on any atom is 0.189 e. The number of hydrogen-bond donors (Lipinski definition) is 0. The fraction of sp³-hybridized carbons (Fsp3) is 0.267. The van der Waals surface area contributed by atoms with E-state index in [1.807, 2.05) is 37.3 Å². The second-order valence-corrected chi connectivity index (χ2v) is 3.97. The smallest absolute Gasteiger partial charge is 0.189 e. The van der Waals surface area contributed by atoms with Crippen molar-refractivity contribution in [1.29, 1.82) is 0 Å². The van der Waals surface area contributed by atoms with Gasteiger partial charge in [-0.1, -0.05) is 30.3 Å². The summed E-state index contributed by atoms with van der Waals surface area (Å²) in [5.74, 6) is 0.598. The summed E-state index contributed by atoms with van der Waals surface area (Å²) in [6.07, 6.45) is 0. The molecule has 0 aliphatic rings. The SMILES string of the molecule is CCOCOc1c(C(C)=O)ccc2ccccc12. The van der Waals surface area contributed by atoms with Crippen molar-refractivity contribution in [3.05, 3.63) is 42.0 Å². The molecule has 0 aromatic heterocycles. The standard InChI is InChI=1S/C15H16O3/c1-3-17-10-18-15-13(11(2)16)9-8-12-6-4-5-7-14(12)15/h4-9H,3,10H2,1-2H3. The van der Waals surface area contributed by atoms with E-state index in [4.69, 9.17) is 9.47 Å². The summed E-state index contributed by atoms with van der Waals surface area (Å²) in [6.45, 7) is 4.18. The highest BCUT2D eigenvalue weighted by atomic mass is 16.7. The number of carbonyl (C=O) groups is 1. The second kappa shape index (κ2) is 5.65. The minimum atomic E-state index is -0.00717. The number of hydrogen-bond acceptors (Lipinski definition) is 3. The van der Waals surface area contributed by atoms with Crippen LogP contribution >= 0.6 is 0 Å². The molecule has 0 heterocycles. The largest absolute Gasteiger partial charge is 0.466 e. The van der Waals surface area contributed by atoms with Crippen LogP contribution in [0.15, 0.2) is 36.4 Å². The summed E-state index contributed by atoms with van der Waals surface area (Å²) >= 11 is 0. The predicted molar refractivity (Wildman–Crippen MR) is 71.1 cm³/mol. The number of ketones is 1. The van der Waals surface area contributed by atoms with Gasteiger partial charge in [-0.3, -0.25) is 4.79 Å². The fourth-order valence-electron chi connectivity index (χ4n) is 1.86. The van der Waals surface area contributed by atoms with Gasteiger partial charge < -0.3 is 9.47 Å². The maximum atomic E-state index is 11.6. The Morgan fingerprint density at radius 3 is 2.67 bits per heavy atom. The number of carbonyl (C=O) groups excluding carboxylic acids is 1. The average molecular weight is 244 g/mol. The second-order valence-electron chi connectivity index (χ2n) is 3.97. The van der Waals surface area contributed by atoms with Gasteiger partial charge >= 0.3 is 0 Å². The summed E-state index contributed by atoms with van der Waals surface area (Å²) in [6, 6.07) is 11.6. The van der Waals surface area contributed by atoms with Crippen LogP contribution in [-0.2, 0) is 4.74 Å². The molecule has 2 aromatic carbocycles. The minimum absolute atomic E-state index is 0.00717. The van der Waals surface area contributed by atoms with Gasteiger partial charge in [0.2, 0.25) is 0 Å². The van der Waals surface area contributed by atoms with Gasteiger partial charge in [-0.25, -0.2) is 0 Å². The molecule has 0 fully saturated rings. The molecule has 94 valence electrons. The third-order valence-corrected chi connectivity index (χ3v) is 2.75. The highest BCUT2D eigenvalue weighted by molar-refractivity contribution is 6.03. The molecule has 0 amide bonds. The van der Waals surface area contributed by atoms with Crippen LogP contribution in [0.4, 0.5) is 0 Å². The van der Waals surface area contributed by atoms with Crippen molar-refractivity contribution in [2.24, 2.45) is 0 Å². The molecular weight excluding hydrogens is 228 g/mol. The summed E-state index contributed by atoms with van der Waals surface area (Å²) in [7, 11) is 0. The highest BCUT2D eigenvalue weighted by Crippen LogP contribution is 2.30. The van der Waals surface area contributed by atoms with Gasteiger partial charge in [0.1, 0.15) is 5.75 Å². The Kier molecular flexibility index (Phi) is 3.95. The third kappa shape index (κ3) is 2.51. The number of Topliss-reactive ketones (excluding diaryl/α,β-unsaturated/α-hetero) is 1. The lowest BCUT2D eigenvalue weighted by atomic mass is 10.0. The lowest BCUT2D eigenvalue weighted by Crippen LogP contribution is -2.06. The van der Waals surface area contributed by atoms with Crippen molar-refractivity contribution in [3.8, 4) is 5.75 Å². The van der Waals surface area contributed by atoms with E-state index >= 15 is 0 Å². The molecule has 0 unspecified atom stereocenters. The number of rotatable bonds is 5. The summed E-state index contributed by atoms with van der Waals surface area (Å²) in [5, 5.41) is 1.99. The normalized spacial score (nSPS) is 10.6. The van der Waals surface area contributed by atoms with Gasteiger partial charge in [-0.05, 0) is 25.3 Å². The zero-order valence-electron chi connectivity index (χ0n) is 10.6. The van der Waals surface area contributed by atoms with Gasteiger partial charge in [-0.2, -0.15) is 0 Å². The third-order valence-electron chi connectivity index (χ3n) is 2.75. The number of fused-ring (bicyclic) bond motifs is 1. The Hall–Kier alpha value is -1.87. The van der Waals surface area contributed by atoms with Gasteiger partial charge in [0, 0.05) is 12.0 Å². The van der Waals surface area contributed by atoms with Crippen molar-refractivity contribution in [2.45, 2.75) is 13.8 Å². The van der Waals surface area contributed by atoms with E-state index in [0.717, 1.165) is 10.8 Å². The lowest BCUT2D eigenvalue weighted by molar-refractivity contribution is 0.0229. The quantitative estimate of drug-likeness (QED) is 0.459. The molecule has 2 aromatic rings. The zero-order valence-corrected chi connectivity index (χ0v) is 10.6. The van der Waals surface area contributed by atoms with E-state index < -0.39 is 0 Å². The Bertz CT molecular complexity index is 561. The van der Waals surface area contributed by atoms with E-state index in [9.17, 15) is 4.79 Å². The average Bonchev–Trinajstić information content (AvgIpc) is 2.38. The van der Waals surface area contributed by atoms with Crippen molar-refractivity contribution >= 4 is 16.6 Å². The first-order chi connectivity index (χ1) is 8.74. The Morgan fingerprint density at radius 2 is 1.94 bits per heavy atom. The molecule has 0 bridgehead atoms. The molecule has 18 heavy (non-hydrogen) atoms. The monoisotopic (exact) mass is 244 g/mol. The summed E-state index contributed by atoms with van der Waals surface area (Å²) in [5.41, 5.74) is 0.591. The van der Waals surface area contributed by atoms with Crippen LogP contribution in [0.3, 0.4) is 0 Å². The van der Waals surface area contributed by atoms with Crippen LogP contribution < -0.4 is 4.74 Å². The number of ether oxygens (including phenoxy) is 2. The van der Waals surface area contributed by atoms with E-state index in [1.165, 1.54) is 6.92 Å². The minimum Gasteiger partial charge on any atom is -0.466 e.